The number of likely N-dealkylation sites (tertiary alicyclic amines) is 1. The zero-order valence-electron chi connectivity index (χ0n) is 13.5. The van der Waals surface area contributed by atoms with E-state index in [0.29, 0.717) is 39.0 Å². The molecule has 0 amide bonds. The summed E-state index contributed by atoms with van der Waals surface area (Å²) < 4.78 is 1.87. The molecule has 7 heteroatoms. The van der Waals surface area contributed by atoms with Gasteiger partial charge in [0.25, 0.3) is 0 Å². The monoisotopic (exact) mass is 330 g/mol. The van der Waals surface area contributed by atoms with Crippen molar-refractivity contribution in [1.82, 2.24) is 19.7 Å². The minimum absolute atomic E-state index is 0.327. The van der Waals surface area contributed by atoms with Crippen LogP contribution in [0.1, 0.15) is 12.0 Å². The predicted molar refractivity (Wildman–Crippen MR) is 87.3 cm³/mol. The van der Waals surface area contributed by atoms with E-state index in [1.54, 1.807) is 12.7 Å². The smallest absolute Gasteiger partial charge is 0.313 e. The molecule has 2 atom stereocenters. The first-order valence-electron chi connectivity index (χ1n) is 8.10. The summed E-state index contributed by atoms with van der Waals surface area (Å²) in [6, 6.07) is 9.51. The van der Waals surface area contributed by atoms with Crippen molar-refractivity contribution in [3.63, 3.8) is 0 Å². The van der Waals surface area contributed by atoms with E-state index < -0.39 is 17.5 Å². The van der Waals surface area contributed by atoms with Gasteiger partial charge in [-0.1, -0.05) is 30.3 Å². The topological polar surface area (TPSA) is 91.5 Å². The average molecular weight is 330 g/mol. The molecule has 128 valence electrons. The minimum atomic E-state index is -1.17. The molecule has 0 saturated carbocycles. The summed E-state index contributed by atoms with van der Waals surface area (Å²) in [4.78, 5) is 14.2. The van der Waals surface area contributed by atoms with E-state index in [2.05, 4.69) is 15.1 Å². The highest BCUT2D eigenvalue weighted by Crippen LogP contribution is 2.34. The summed E-state index contributed by atoms with van der Waals surface area (Å²) in [6.07, 6.45) is 3.23. The largest absolute Gasteiger partial charge is 0.481 e. The van der Waals surface area contributed by atoms with Crippen LogP contribution >= 0.6 is 0 Å². The zero-order valence-corrected chi connectivity index (χ0v) is 13.5. The number of carbonyl (C=O) groups is 1. The molecule has 1 aliphatic heterocycles. The summed E-state index contributed by atoms with van der Waals surface area (Å²) in [5.41, 5.74) is -0.244. The summed E-state index contributed by atoms with van der Waals surface area (Å²) in [6.45, 7) is 2.42. The molecule has 0 bridgehead atoms. The zero-order chi connectivity index (χ0) is 17.0. The molecule has 2 N–H and O–H groups in total. The Labute approximate surface area is 140 Å². The molecule has 7 nitrogen and oxygen atoms in total. The van der Waals surface area contributed by atoms with Crippen LogP contribution in [0.15, 0.2) is 43.0 Å². The fraction of sp³-hybridized carbons (Fsp3) is 0.471. The van der Waals surface area contributed by atoms with E-state index >= 15 is 0 Å². The maximum Gasteiger partial charge on any atom is 0.313 e. The fourth-order valence-electron chi connectivity index (χ4n) is 3.37. The molecule has 0 radical (unpaired) electrons. The number of aliphatic hydroxyl groups is 1. The molecular weight excluding hydrogens is 308 g/mol. The Kier molecular flexibility index (Phi) is 4.92. The Morgan fingerprint density at radius 1 is 1.21 bits per heavy atom. The second kappa shape index (κ2) is 7.11. The fourth-order valence-corrected chi connectivity index (χ4v) is 3.37. The highest BCUT2D eigenvalue weighted by molar-refractivity contribution is 5.76. The van der Waals surface area contributed by atoms with Crippen LogP contribution in [-0.4, -0.2) is 61.6 Å². The number of carboxylic acid groups (broad SMARTS) is 1. The van der Waals surface area contributed by atoms with Crippen molar-refractivity contribution in [2.45, 2.75) is 25.5 Å². The number of carboxylic acids is 1. The minimum Gasteiger partial charge on any atom is -0.481 e. The SMILES string of the molecule is O=C(O)[C@]1(Cc2ccccc2)CN(CCn2cnnc2)CC[C@H]1O. The van der Waals surface area contributed by atoms with Crippen LogP contribution in [0, 0.1) is 5.41 Å². The van der Waals surface area contributed by atoms with Crippen LogP contribution in [0.2, 0.25) is 0 Å². The van der Waals surface area contributed by atoms with Gasteiger partial charge in [-0.2, -0.15) is 0 Å². The van der Waals surface area contributed by atoms with Gasteiger partial charge in [-0.15, -0.1) is 10.2 Å². The number of rotatable bonds is 6. The second-order valence-electron chi connectivity index (χ2n) is 6.40. The van der Waals surface area contributed by atoms with Crippen molar-refractivity contribution in [2.75, 3.05) is 19.6 Å². The number of aliphatic carboxylic acids is 1. The number of aliphatic hydroxyl groups excluding tert-OH is 1. The Hall–Kier alpha value is -2.25. The molecule has 1 fully saturated rings. The first-order chi connectivity index (χ1) is 11.6. The van der Waals surface area contributed by atoms with Crippen molar-refractivity contribution in [3.05, 3.63) is 48.5 Å². The summed E-state index contributed by atoms with van der Waals surface area (Å²) in [5.74, 6) is -0.937. The maximum atomic E-state index is 12.1. The molecule has 2 aromatic rings. The first kappa shape index (κ1) is 16.6. The lowest BCUT2D eigenvalue weighted by atomic mass is 9.73. The normalized spacial score (nSPS) is 24.8. The first-order valence-corrected chi connectivity index (χ1v) is 8.10. The van der Waals surface area contributed by atoms with Gasteiger partial charge in [-0.25, -0.2) is 0 Å². The molecular formula is C17H22N4O3. The highest BCUT2D eigenvalue weighted by atomic mass is 16.4. The molecule has 0 aliphatic carbocycles. The maximum absolute atomic E-state index is 12.1. The Morgan fingerprint density at radius 3 is 2.58 bits per heavy atom. The van der Waals surface area contributed by atoms with Gasteiger partial charge in [0.2, 0.25) is 0 Å². The molecule has 1 aromatic carbocycles. The Balaban J connectivity index is 1.74. The summed E-state index contributed by atoms with van der Waals surface area (Å²) in [7, 11) is 0. The van der Waals surface area contributed by atoms with Crippen molar-refractivity contribution < 1.29 is 15.0 Å². The average Bonchev–Trinajstić information content (AvgIpc) is 3.10. The van der Waals surface area contributed by atoms with Crippen LogP contribution in [-0.2, 0) is 17.8 Å². The van der Waals surface area contributed by atoms with Crippen LogP contribution in [0.25, 0.3) is 0 Å². The van der Waals surface area contributed by atoms with E-state index in [1.165, 1.54) is 0 Å². The van der Waals surface area contributed by atoms with Crippen molar-refractivity contribution in [2.24, 2.45) is 5.41 Å². The van der Waals surface area contributed by atoms with Gasteiger partial charge in [-0.3, -0.25) is 4.79 Å². The van der Waals surface area contributed by atoms with Gasteiger partial charge in [0.1, 0.15) is 18.1 Å². The third kappa shape index (κ3) is 3.47. The molecule has 0 spiro atoms. The summed E-state index contributed by atoms with van der Waals surface area (Å²) in [5, 5.41) is 27.9. The van der Waals surface area contributed by atoms with Gasteiger partial charge in [0.15, 0.2) is 0 Å². The Morgan fingerprint density at radius 2 is 1.92 bits per heavy atom. The molecule has 1 aromatic heterocycles. The molecule has 0 unspecified atom stereocenters. The van der Waals surface area contributed by atoms with Crippen molar-refractivity contribution >= 4 is 5.97 Å². The van der Waals surface area contributed by atoms with Crippen LogP contribution in [0.3, 0.4) is 0 Å². The van der Waals surface area contributed by atoms with Gasteiger partial charge < -0.3 is 19.7 Å². The van der Waals surface area contributed by atoms with Crippen LogP contribution in [0.4, 0.5) is 0 Å². The van der Waals surface area contributed by atoms with E-state index in [9.17, 15) is 15.0 Å². The standard InChI is InChI=1S/C17H22N4O3/c22-15-6-7-20(8-9-21-12-18-19-13-21)11-17(15,16(23)24)10-14-4-2-1-3-5-14/h1-5,12-13,15,22H,6-11H2,(H,23,24)/t15-,17-/m1/s1. The van der Waals surface area contributed by atoms with Gasteiger partial charge in [0, 0.05) is 26.2 Å². The highest BCUT2D eigenvalue weighted by Gasteiger charge is 2.49. The lowest BCUT2D eigenvalue weighted by Crippen LogP contribution is -2.57. The van der Waals surface area contributed by atoms with Gasteiger partial charge in [-0.05, 0) is 18.4 Å². The number of piperidine rings is 1. The second-order valence-corrected chi connectivity index (χ2v) is 6.40. The number of benzene rings is 1. The third-order valence-corrected chi connectivity index (χ3v) is 4.79. The van der Waals surface area contributed by atoms with Crippen molar-refractivity contribution in [3.8, 4) is 0 Å². The van der Waals surface area contributed by atoms with Crippen LogP contribution < -0.4 is 0 Å². The van der Waals surface area contributed by atoms with Gasteiger partial charge >= 0.3 is 5.97 Å². The lowest BCUT2D eigenvalue weighted by molar-refractivity contribution is -0.163. The predicted octanol–water partition coefficient (Wildman–Crippen LogP) is 0.658. The molecule has 1 aliphatic rings. The van der Waals surface area contributed by atoms with E-state index in [4.69, 9.17) is 0 Å². The molecule has 24 heavy (non-hydrogen) atoms. The number of hydrogen-bond donors (Lipinski definition) is 2. The summed E-state index contributed by atoms with van der Waals surface area (Å²) >= 11 is 0. The molecule has 1 saturated heterocycles. The van der Waals surface area contributed by atoms with Gasteiger partial charge in [0.05, 0.1) is 6.10 Å². The Bertz CT molecular complexity index is 662. The van der Waals surface area contributed by atoms with E-state index in [1.807, 2.05) is 34.9 Å². The van der Waals surface area contributed by atoms with Crippen molar-refractivity contribution in [1.29, 1.82) is 0 Å². The number of nitrogens with zero attached hydrogens (tertiary/aromatic N) is 4. The number of aromatic nitrogens is 3. The van der Waals surface area contributed by atoms with E-state index in [0.717, 1.165) is 5.56 Å². The number of hydrogen-bond acceptors (Lipinski definition) is 5. The molecule has 3 rings (SSSR count). The van der Waals surface area contributed by atoms with Crippen LogP contribution in [0.5, 0.6) is 0 Å². The molecule has 2 heterocycles. The lowest BCUT2D eigenvalue weighted by Gasteiger charge is -2.43. The third-order valence-electron chi connectivity index (χ3n) is 4.79. The quantitative estimate of drug-likeness (QED) is 0.808. The van der Waals surface area contributed by atoms with E-state index in [-0.39, 0.29) is 0 Å².